The van der Waals surface area contributed by atoms with Gasteiger partial charge in [-0.25, -0.2) is 15.0 Å². The van der Waals surface area contributed by atoms with Crippen molar-refractivity contribution in [2.24, 2.45) is 0 Å². The lowest BCUT2D eigenvalue weighted by atomic mass is 9.91. The van der Waals surface area contributed by atoms with E-state index in [0.717, 1.165) is 191 Å². The minimum Gasteiger partial charge on any atom is -0.456 e. The van der Waals surface area contributed by atoms with Crippen molar-refractivity contribution in [1.82, 2.24) is 44.9 Å². The van der Waals surface area contributed by atoms with E-state index in [4.69, 9.17) is 78.0 Å². The van der Waals surface area contributed by atoms with Gasteiger partial charge in [0.25, 0.3) is 0 Å². The van der Waals surface area contributed by atoms with E-state index in [1.807, 2.05) is 72.8 Å². The number of benzene rings is 18. The lowest BCUT2D eigenvalue weighted by molar-refractivity contribution is 0.668. The van der Waals surface area contributed by atoms with Crippen molar-refractivity contribution in [3.05, 3.63) is 319 Å². The van der Waals surface area contributed by atoms with Gasteiger partial charge >= 0.3 is 0 Å². The smallest absolute Gasteiger partial charge is 0.226 e. The highest BCUT2D eigenvalue weighted by atomic mass is 35.5. The van der Waals surface area contributed by atoms with Gasteiger partial charge < -0.3 is 13.3 Å². The van der Waals surface area contributed by atoms with Crippen molar-refractivity contribution in [1.29, 1.82) is 0 Å². The van der Waals surface area contributed by atoms with Crippen molar-refractivity contribution in [2.45, 2.75) is 0 Å². The molecule has 0 unspecified atom stereocenters. The number of para-hydroxylation sites is 1. The number of fused-ring (bicyclic) bond motifs is 27. The molecule has 0 saturated carbocycles. The van der Waals surface area contributed by atoms with Crippen molar-refractivity contribution < 1.29 is 13.3 Å². The van der Waals surface area contributed by atoms with E-state index in [-0.39, 0.29) is 15.9 Å². The fourth-order valence-electron chi connectivity index (χ4n) is 17.6. The normalized spacial score (nSPS) is 12.2. The number of nitrogens with zero attached hydrogens (tertiary/aromatic N) is 9. The standard InChI is InChI=1S/C99H50Cl3N9O3/c100-97-106-91(55-26-35-68-62-14-2-1-12-60(62)61-13-3-5-16-64(61)79(68)46-55)103-94(109-97)58-29-38-73-82-44-53(31-40-85(82)113-88(73)49-58)51-24-33-70-71-37-28-56(47-80(71)67-19-8-7-18-66(67)77(70)42-51)92-104-95(110-98(101)107-92)59-30-39-74-83-45-54(32-41-86(83)114-89(74)50-59)52-25-34-72-78(43-52)65-17-6-4-15-63(65)69-36-27-57(48-81(69)72)93-105-96(111-99(102)108-93)76-21-11-23-87-90(76)75-20-9-10-22-84(75)112-87/h1-50H. The van der Waals surface area contributed by atoms with Crippen LogP contribution in [0.3, 0.4) is 0 Å². The Morgan fingerprint density at radius 2 is 0.404 bits per heavy atom. The zero-order valence-corrected chi connectivity index (χ0v) is 62.0. The first-order valence-electron chi connectivity index (χ1n) is 37.3. The van der Waals surface area contributed by atoms with Crippen LogP contribution in [0.1, 0.15) is 0 Å². The molecule has 0 atom stereocenters. The molecule has 0 aliphatic heterocycles. The molecule has 0 saturated heterocycles. The van der Waals surface area contributed by atoms with Gasteiger partial charge in [0.05, 0.1) is 0 Å². The molecular weight excluding hydrogens is 1470 g/mol. The third kappa shape index (κ3) is 10.1. The highest BCUT2D eigenvalue weighted by molar-refractivity contribution is 6.31. The molecule has 0 fully saturated rings. The Labute approximate surface area is 660 Å². The molecule has 24 aromatic rings. The molecule has 114 heavy (non-hydrogen) atoms. The van der Waals surface area contributed by atoms with Crippen LogP contribution in [0.15, 0.2) is 317 Å². The van der Waals surface area contributed by atoms with Crippen molar-refractivity contribution in [3.63, 3.8) is 0 Å². The summed E-state index contributed by atoms with van der Waals surface area (Å²) in [7, 11) is 0. The Bertz CT molecular complexity index is 8350. The van der Waals surface area contributed by atoms with E-state index in [1.165, 1.54) is 16.2 Å². The molecular formula is C99H50Cl3N9O3. The monoisotopic (exact) mass is 1520 g/mol. The van der Waals surface area contributed by atoms with Crippen LogP contribution < -0.4 is 0 Å². The third-order valence-corrected chi connectivity index (χ3v) is 23.3. The van der Waals surface area contributed by atoms with Crippen LogP contribution in [-0.2, 0) is 0 Å². The van der Waals surface area contributed by atoms with E-state index < -0.39 is 0 Å². The first-order valence-corrected chi connectivity index (χ1v) is 38.5. The number of hydrogen-bond acceptors (Lipinski definition) is 12. The average Bonchev–Trinajstić information content (AvgIpc) is 1.13. The van der Waals surface area contributed by atoms with Gasteiger partial charge in [0.15, 0.2) is 34.9 Å². The van der Waals surface area contributed by atoms with Crippen molar-refractivity contribution in [2.75, 3.05) is 0 Å². The minimum absolute atomic E-state index is 0.0824. The SMILES string of the molecule is Clc1nc(-c2ccc3c(c2)oc2ccc(-c4ccc5c6ccc(-c7nc(Cl)nc(-c8ccc9c(c8)oc8ccc(-c%10ccc%11c(c%10)c%10ccccc%10c%10ccc(-c%12nc(Cl)nc(-c%13cccc%14oc%15ccccc%15c%13%14)n%12)cc%10%11)cc89)n7)cc6c6ccccc6c5c4)cc23)nc(-c2ccc3c4ccccc4c4ccccc4c3c2)n1. The highest BCUT2D eigenvalue weighted by Gasteiger charge is 2.23. The Balaban J connectivity index is 0.523. The Kier molecular flexibility index (Phi) is 14.0. The van der Waals surface area contributed by atoms with E-state index >= 15 is 0 Å². The topological polar surface area (TPSA) is 155 Å². The van der Waals surface area contributed by atoms with E-state index in [0.29, 0.717) is 46.1 Å². The van der Waals surface area contributed by atoms with Gasteiger partial charge in [0.1, 0.15) is 33.5 Å². The van der Waals surface area contributed by atoms with Crippen LogP contribution >= 0.6 is 34.8 Å². The molecule has 6 aromatic heterocycles. The number of aromatic nitrogens is 9. The fourth-order valence-corrected chi connectivity index (χ4v) is 18.0. The summed E-state index contributed by atoms with van der Waals surface area (Å²) in [5.74, 6) is 2.77. The quantitative estimate of drug-likeness (QED) is 0.133. The molecule has 12 nitrogen and oxygen atoms in total. The van der Waals surface area contributed by atoms with Gasteiger partial charge in [0.2, 0.25) is 15.9 Å². The second kappa shape index (κ2) is 24.8. The predicted molar refractivity (Wildman–Crippen MR) is 465 cm³/mol. The maximum absolute atomic E-state index is 6.88. The van der Waals surface area contributed by atoms with Gasteiger partial charge in [0, 0.05) is 65.7 Å². The van der Waals surface area contributed by atoms with Gasteiger partial charge in [-0.3, -0.25) is 0 Å². The lowest BCUT2D eigenvalue weighted by Crippen LogP contribution is -1.98. The third-order valence-electron chi connectivity index (χ3n) is 22.8. The summed E-state index contributed by atoms with van der Waals surface area (Å²) in [4.78, 5) is 43.2. The van der Waals surface area contributed by atoms with Crippen molar-refractivity contribution in [3.8, 4) is 90.6 Å². The zero-order chi connectivity index (χ0) is 75.1. The number of halogens is 3. The van der Waals surface area contributed by atoms with E-state index in [9.17, 15) is 0 Å². The second-order valence-electron chi connectivity index (χ2n) is 29.1. The van der Waals surface area contributed by atoms with E-state index in [1.54, 1.807) is 0 Å². The molecule has 0 radical (unpaired) electrons. The zero-order valence-electron chi connectivity index (χ0n) is 59.8. The van der Waals surface area contributed by atoms with Crippen LogP contribution in [-0.4, -0.2) is 44.9 Å². The molecule has 15 heteroatoms. The molecule has 530 valence electrons. The second-order valence-corrected chi connectivity index (χ2v) is 30.1. The predicted octanol–water partition coefficient (Wildman–Crippen LogP) is 27.6. The Morgan fingerprint density at radius 1 is 0.158 bits per heavy atom. The number of furan rings is 3. The summed E-state index contributed by atoms with van der Waals surface area (Å²) in [5, 5.41) is 26.5. The molecule has 0 aliphatic rings. The molecule has 6 heterocycles. The largest absolute Gasteiger partial charge is 0.456 e. The van der Waals surface area contributed by atoms with Gasteiger partial charge in [-0.1, -0.05) is 212 Å². The molecule has 0 aliphatic carbocycles. The molecule has 18 aromatic carbocycles. The molecule has 24 rings (SSSR count). The highest BCUT2D eigenvalue weighted by Crippen LogP contribution is 2.46. The fraction of sp³-hybridized carbons (Fsp3) is 0. The number of hydrogen-bond donors (Lipinski definition) is 0. The molecule has 0 amide bonds. The summed E-state index contributed by atoms with van der Waals surface area (Å²) >= 11 is 20.4. The summed E-state index contributed by atoms with van der Waals surface area (Å²) in [6.07, 6.45) is 0. The first kappa shape index (κ1) is 64.4. The van der Waals surface area contributed by atoms with Crippen LogP contribution in [0.5, 0.6) is 0 Å². The average molecular weight is 1520 g/mol. The Morgan fingerprint density at radius 3 is 0.789 bits per heavy atom. The summed E-state index contributed by atoms with van der Waals surface area (Å²) in [6, 6.07) is 106. The first-order chi connectivity index (χ1) is 56.1. The van der Waals surface area contributed by atoms with Crippen LogP contribution in [0, 0.1) is 0 Å². The van der Waals surface area contributed by atoms with Crippen LogP contribution in [0.2, 0.25) is 15.9 Å². The van der Waals surface area contributed by atoms with Gasteiger partial charge in [-0.05, 0) is 245 Å². The number of rotatable bonds is 8. The van der Waals surface area contributed by atoms with Gasteiger partial charge in [-0.15, -0.1) is 0 Å². The maximum Gasteiger partial charge on any atom is 0.226 e. The summed E-state index contributed by atoms with van der Waals surface area (Å²) in [5.41, 5.74) is 13.5. The molecule has 0 bridgehead atoms. The summed E-state index contributed by atoms with van der Waals surface area (Å²) in [6.45, 7) is 0. The Hall–Kier alpha value is -14.4. The van der Waals surface area contributed by atoms with Crippen molar-refractivity contribution >= 4 is 198 Å². The maximum atomic E-state index is 6.88. The minimum atomic E-state index is 0.0824. The van der Waals surface area contributed by atoms with Crippen LogP contribution in [0.25, 0.3) is 253 Å². The lowest BCUT2D eigenvalue weighted by Gasteiger charge is -2.13. The van der Waals surface area contributed by atoms with Gasteiger partial charge in [-0.2, -0.15) is 29.9 Å². The summed E-state index contributed by atoms with van der Waals surface area (Å²) < 4.78 is 19.5. The van der Waals surface area contributed by atoms with E-state index in [2.05, 4.69) is 245 Å². The van der Waals surface area contributed by atoms with Crippen LogP contribution in [0.4, 0.5) is 0 Å². The molecule has 0 spiro atoms. The molecule has 0 N–H and O–H groups in total.